The topological polar surface area (TPSA) is 62.3 Å². The van der Waals surface area contributed by atoms with Crippen LogP contribution in [0.3, 0.4) is 0 Å². The molecule has 0 aliphatic rings. The number of hydrogen-bond donors (Lipinski definition) is 1. The Labute approximate surface area is 106 Å². The first-order valence-corrected chi connectivity index (χ1v) is 5.60. The third kappa shape index (κ3) is 1.88. The van der Waals surface area contributed by atoms with Crippen LogP contribution in [-0.4, -0.2) is 24.0 Å². The Morgan fingerprint density at radius 3 is 2.44 bits per heavy atom. The molecular formula is C13H17N3O2. The maximum Gasteiger partial charge on any atom is 0.153 e. The van der Waals surface area contributed by atoms with Crippen LogP contribution in [0, 0.1) is 6.92 Å². The van der Waals surface area contributed by atoms with Gasteiger partial charge in [-0.25, -0.2) is 0 Å². The zero-order valence-corrected chi connectivity index (χ0v) is 11.0. The first kappa shape index (κ1) is 12.3. The van der Waals surface area contributed by atoms with Crippen LogP contribution in [0.1, 0.15) is 5.69 Å². The maximum absolute atomic E-state index is 5.96. The molecule has 1 aromatic carbocycles. The Morgan fingerprint density at radius 2 is 1.94 bits per heavy atom. The van der Waals surface area contributed by atoms with Crippen LogP contribution in [0.25, 0.3) is 11.1 Å². The molecule has 1 heterocycles. The number of hydrogen-bond acceptors (Lipinski definition) is 4. The molecule has 0 aliphatic carbocycles. The molecule has 0 spiro atoms. The summed E-state index contributed by atoms with van der Waals surface area (Å²) >= 11 is 0. The highest BCUT2D eigenvalue weighted by atomic mass is 16.5. The average molecular weight is 247 g/mol. The summed E-state index contributed by atoms with van der Waals surface area (Å²) in [4.78, 5) is 0. The van der Waals surface area contributed by atoms with Crippen LogP contribution in [0.15, 0.2) is 18.2 Å². The van der Waals surface area contributed by atoms with Crippen molar-refractivity contribution in [1.82, 2.24) is 9.78 Å². The predicted octanol–water partition coefficient (Wildman–Crippen LogP) is 1.99. The second kappa shape index (κ2) is 4.60. The lowest BCUT2D eigenvalue weighted by atomic mass is 10.0. The van der Waals surface area contributed by atoms with Gasteiger partial charge < -0.3 is 15.2 Å². The number of rotatable bonds is 3. The van der Waals surface area contributed by atoms with Gasteiger partial charge in [0.25, 0.3) is 0 Å². The summed E-state index contributed by atoms with van der Waals surface area (Å²) in [6.45, 7) is 1.97. The van der Waals surface area contributed by atoms with Crippen LogP contribution in [0.5, 0.6) is 11.5 Å². The van der Waals surface area contributed by atoms with Crippen molar-refractivity contribution in [2.75, 3.05) is 20.0 Å². The van der Waals surface area contributed by atoms with E-state index in [4.69, 9.17) is 15.2 Å². The molecule has 0 atom stereocenters. The minimum Gasteiger partial charge on any atom is -0.497 e. The molecule has 0 unspecified atom stereocenters. The Bertz CT molecular complexity index is 576. The van der Waals surface area contributed by atoms with Gasteiger partial charge in [-0.3, -0.25) is 4.68 Å². The summed E-state index contributed by atoms with van der Waals surface area (Å²) in [5.41, 5.74) is 8.72. The van der Waals surface area contributed by atoms with Crippen molar-refractivity contribution in [1.29, 1.82) is 0 Å². The number of methoxy groups -OCH3 is 2. The van der Waals surface area contributed by atoms with Gasteiger partial charge in [0, 0.05) is 18.3 Å². The van der Waals surface area contributed by atoms with Gasteiger partial charge >= 0.3 is 0 Å². The van der Waals surface area contributed by atoms with E-state index in [1.54, 1.807) is 18.9 Å². The van der Waals surface area contributed by atoms with Gasteiger partial charge in [-0.15, -0.1) is 0 Å². The van der Waals surface area contributed by atoms with E-state index < -0.39 is 0 Å². The lowest BCUT2D eigenvalue weighted by Crippen LogP contribution is -1.94. The third-order valence-corrected chi connectivity index (χ3v) is 3.04. The zero-order chi connectivity index (χ0) is 13.3. The number of aromatic nitrogens is 2. The predicted molar refractivity (Wildman–Crippen MR) is 70.9 cm³/mol. The van der Waals surface area contributed by atoms with Crippen LogP contribution < -0.4 is 15.2 Å². The van der Waals surface area contributed by atoms with Crippen molar-refractivity contribution >= 4 is 5.82 Å². The number of nitrogens with zero attached hydrogens (tertiary/aromatic N) is 2. The molecule has 5 nitrogen and oxygen atoms in total. The Kier molecular flexibility index (Phi) is 3.14. The monoisotopic (exact) mass is 247 g/mol. The van der Waals surface area contributed by atoms with E-state index in [2.05, 4.69) is 5.10 Å². The fraction of sp³-hybridized carbons (Fsp3) is 0.308. The number of benzene rings is 1. The molecule has 0 radical (unpaired) electrons. The molecular weight excluding hydrogens is 230 g/mol. The van der Waals surface area contributed by atoms with E-state index in [0.29, 0.717) is 5.82 Å². The fourth-order valence-electron chi connectivity index (χ4n) is 1.98. The number of ether oxygens (including phenoxy) is 2. The second-order valence-corrected chi connectivity index (χ2v) is 4.04. The van der Waals surface area contributed by atoms with E-state index in [1.165, 1.54) is 0 Å². The Morgan fingerprint density at radius 1 is 1.22 bits per heavy atom. The zero-order valence-electron chi connectivity index (χ0n) is 11.0. The average Bonchev–Trinajstić information content (AvgIpc) is 2.62. The van der Waals surface area contributed by atoms with Crippen LogP contribution in [0.4, 0.5) is 5.82 Å². The van der Waals surface area contributed by atoms with E-state index >= 15 is 0 Å². The standard InChI is InChI=1S/C13H17N3O2/c1-8-12(13(14)15-16(8)2)10-7-9(17-3)5-6-11(10)18-4/h5-7H,1-4H3,(H2,14,15). The van der Waals surface area contributed by atoms with Gasteiger partial charge in [-0.2, -0.15) is 5.10 Å². The number of nitrogens with two attached hydrogens (primary N) is 1. The van der Waals surface area contributed by atoms with E-state index in [-0.39, 0.29) is 0 Å². The van der Waals surface area contributed by atoms with Crippen molar-refractivity contribution < 1.29 is 9.47 Å². The first-order chi connectivity index (χ1) is 8.58. The van der Waals surface area contributed by atoms with Gasteiger partial charge in [-0.05, 0) is 25.1 Å². The molecule has 2 N–H and O–H groups in total. The second-order valence-electron chi connectivity index (χ2n) is 4.04. The molecule has 1 aromatic heterocycles. The van der Waals surface area contributed by atoms with Crippen molar-refractivity contribution in [2.45, 2.75) is 6.92 Å². The van der Waals surface area contributed by atoms with Gasteiger partial charge in [0.2, 0.25) is 0 Å². The summed E-state index contributed by atoms with van der Waals surface area (Å²) in [7, 11) is 5.13. The lowest BCUT2D eigenvalue weighted by Gasteiger charge is -2.10. The van der Waals surface area contributed by atoms with Crippen LogP contribution in [-0.2, 0) is 7.05 Å². The minimum absolute atomic E-state index is 0.488. The smallest absolute Gasteiger partial charge is 0.153 e. The molecule has 2 rings (SSSR count). The molecule has 5 heteroatoms. The Hall–Kier alpha value is -2.17. The highest BCUT2D eigenvalue weighted by molar-refractivity contribution is 5.81. The minimum atomic E-state index is 0.488. The summed E-state index contributed by atoms with van der Waals surface area (Å²) < 4.78 is 12.4. The summed E-state index contributed by atoms with van der Waals surface area (Å²) in [6, 6.07) is 5.61. The SMILES string of the molecule is COc1ccc(OC)c(-c2c(N)nn(C)c2C)c1. The highest BCUT2D eigenvalue weighted by Crippen LogP contribution is 2.37. The third-order valence-electron chi connectivity index (χ3n) is 3.04. The molecule has 0 saturated heterocycles. The van der Waals surface area contributed by atoms with Crippen molar-refractivity contribution in [3.63, 3.8) is 0 Å². The van der Waals surface area contributed by atoms with Crippen molar-refractivity contribution in [3.05, 3.63) is 23.9 Å². The molecule has 0 saturated carbocycles. The van der Waals surface area contributed by atoms with Crippen LogP contribution in [0.2, 0.25) is 0 Å². The van der Waals surface area contributed by atoms with Crippen molar-refractivity contribution in [3.8, 4) is 22.6 Å². The molecule has 0 bridgehead atoms. The molecule has 0 amide bonds. The lowest BCUT2D eigenvalue weighted by molar-refractivity contribution is 0.404. The number of aryl methyl sites for hydroxylation is 1. The van der Waals surface area contributed by atoms with E-state index in [9.17, 15) is 0 Å². The van der Waals surface area contributed by atoms with Crippen LogP contribution >= 0.6 is 0 Å². The quantitative estimate of drug-likeness (QED) is 0.901. The van der Waals surface area contributed by atoms with E-state index in [1.807, 2.05) is 32.2 Å². The normalized spacial score (nSPS) is 10.4. The molecule has 96 valence electrons. The fourth-order valence-corrected chi connectivity index (χ4v) is 1.98. The van der Waals surface area contributed by atoms with E-state index in [0.717, 1.165) is 28.3 Å². The molecule has 0 fully saturated rings. The summed E-state index contributed by atoms with van der Waals surface area (Å²) in [5.74, 6) is 1.99. The molecule has 2 aromatic rings. The first-order valence-electron chi connectivity index (χ1n) is 5.60. The van der Waals surface area contributed by atoms with Gasteiger partial charge in [0.05, 0.1) is 19.8 Å². The summed E-state index contributed by atoms with van der Waals surface area (Å²) in [5, 5.41) is 4.22. The van der Waals surface area contributed by atoms with Gasteiger partial charge in [0.1, 0.15) is 11.5 Å². The maximum atomic E-state index is 5.96. The Balaban J connectivity index is 2.68. The molecule has 0 aliphatic heterocycles. The summed E-state index contributed by atoms with van der Waals surface area (Å²) in [6.07, 6.45) is 0. The largest absolute Gasteiger partial charge is 0.497 e. The highest BCUT2D eigenvalue weighted by Gasteiger charge is 2.17. The number of anilines is 1. The van der Waals surface area contributed by atoms with Crippen molar-refractivity contribution in [2.24, 2.45) is 7.05 Å². The van der Waals surface area contributed by atoms with Gasteiger partial charge in [0.15, 0.2) is 5.82 Å². The van der Waals surface area contributed by atoms with Gasteiger partial charge in [-0.1, -0.05) is 0 Å². The molecule has 18 heavy (non-hydrogen) atoms. The number of nitrogen functional groups attached to an aromatic ring is 1.